The lowest BCUT2D eigenvalue weighted by Crippen LogP contribution is -2.11. The van der Waals surface area contributed by atoms with Crippen molar-refractivity contribution in [1.29, 1.82) is 0 Å². The molecular formula is C20H20N2O2. The molecule has 122 valence electrons. The quantitative estimate of drug-likeness (QED) is 0.399. The molecule has 0 saturated heterocycles. The molecule has 3 aromatic carbocycles. The van der Waals surface area contributed by atoms with Crippen LogP contribution in [0.15, 0.2) is 71.8 Å². The Bertz CT molecular complexity index is 816. The topological polar surface area (TPSA) is 53.8 Å². The van der Waals surface area contributed by atoms with E-state index in [2.05, 4.69) is 22.7 Å². The molecule has 0 saturated carbocycles. The van der Waals surface area contributed by atoms with Crippen LogP contribution in [0.3, 0.4) is 0 Å². The Balaban J connectivity index is 1.89. The van der Waals surface area contributed by atoms with Crippen molar-refractivity contribution in [3.05, 3.63) is 77.9 Å². The second-order valence-electron chi connectivity index (χ2n) is 5.36. The van der Waals surface area contributed by atoms with Crippen molar-refractivity contribution in [2.75, 3.05) is 13.2 Å². The lowest BCUT2D eigenvalue weighted by atomic mass is 10.0. The van der Waals surface area contributed by atoms with Crippen molar-refractivity contribution < 1.29 is 9.84 Å². The van der Waals surface area contributed by atoms with E-state index in [1.165, 1.54) is 0 Å². The van der Waals surface area contributed by atoms with Crippen LogP contribution >= 0.6 is 0 Å². The summed E-state index contributed by atoms with van der Waals surface area (Å²) < 4.78 is 6.02. The number of nitrogens with one attached hydrogen (secondary N) is 1. The fourth-order valence-corrected chi connectivity index (χ4v) is 2.49. The van der Waals surface area contributed by atoms with Crippen LogP contribution in [-0.4, -0.2) is 24.5 Å². The zero-order valence-electron chi connectivity index (χ0n) is 13.4. The van der Waals surface area contributed by atoms with Gasteiger partial charge in [-0.3, -0.25) is 0 Å². The maximum Gasteiger partial charge on any atom is 0.129 e. The van der Waals surface area contributed by atoms with Crippen LogP contribution in [0.4, 0.5) is 0 Å². The van der Waals surface area contributed by atoms with Gasteiger partial charge in [0, 0.05) is 5.56 Å². The van der Waals surface area contributed by atoms with E-state index in [1.807, 2.05) is 54.6 Å². The summed E-state index contributed by atoms with van der Waals surface area (Å²) in [6.45, 7) is 0.968. The van der Waals surface area contributed by atoms with Gasteiger partial charge in [-0.25, -0.2) is 0 Å². The van der Waals surface area contributed by atoms with E-state index in [-0.39, 0.29) is 6.61 Å². The van der Waals surface area contributed by atoms with Gasteiger partial charge in [0.25, 0.3) is 0 Å². The zero-order valence-corrected chi connectivity index (χ0v) is 13.4. The number of rotatable bonds is 7. The number of hydrogen-bond acceptors (Lipinski definition) is 4. The van der Waals surface area contributed by atoms with Crippen molar-refractivity contribution in [2.24, 2.45) is 5.10 Å². The van der Waals surface area contributed by atoms with Gasteiger partial charge in [-0.1, -0.05) is 60.7 Å². The van der Waals surface area contributed by atoms with E-state index in [1.54, 1.807) is 6.21 Å². The average molecular weight is 320 g/mol. The molecule has 0 aliphatic heterocycles. The molecule has 2 N–H and O–H groups in total. The van der Waals surface area contributed by atoms with Crippen LogP contribution < -0.4 is 10.2 Å². The normalized spacial score (nSPS) is 11.0. The highest BCUT2D eigenvalue weighted by atomic mass is 16.5. The van der Waals surface area contributed by atoms with Crippen LogP contribution in [0, 0.1) is 0 Å². The molecule has 0 unspecified atom stereocenters. The Kier molecular flexibility index (Phi) is 5.43. The second kappa shape index (κ2) is 8.13. The number of nitrogens with zero attached hydrogens (tertiary/aromatic N) is 1. The standard InChI is InChI=1S/C20H20N2O2/c23-13-12-21-22-14-19-18-9-5-4-8-17(18)10-11-20(19)24-15-16-6-2-1-3-7-16/h1-11,14,21,23H,12-13,15H2. The zero-order chi connectivity index (χ0) is 16.6. The number of hydrogen-bond donors (Lipinski definition) is 2. The van der Waals surface area contributed by atoms with Crippen molar-refractivity contribution in [3.8, 4) is 5.75 Å². The molecule has 0 atom stereocenters. The summed E-state index contributed by atoms with van der Waals surface area (Å²) in [6, 6.07) is 22.2. The summed E-state index contributed by atoms with van der Waals surface area (Å²) in [7, 11) is 0. The van der Waals surface area contributed by atoms with Gasteiger partial charge in [-0.15, -0.1) is 0 Å². The van der Waals surface area contributed by atoms with Crippen molar-refractivity contribution in [3.63, 3.8) is 0 Å². The second-order valence-corrected chi connectivity index (χ2v) is 5.36. The number of aliphatic hydroxyl groups excluding tert-OH is 1. The Hall–Kier alpha value is -2.85. The molecule has 4 nitrogen and oxygen atoms in total. The number of aliphatic hydroxyl groups is 1. The summed E-state index contributed by atoms with van der Waals surface area (Å²) >= 11 is 0. The lowest BCUT2D eigenvalue weighted by Gasteiger charge is -2.12. The van der Waals surface area contributed by atoms with Gasteiger partial charge in [0.05, 0.1) is 19.4 Å². The maximum atomic E-state index is 8.84. The largest absolute Gasteiger partial charge is 0.488 e. The summed E-state index contributed by atoms with van der Waals surface area (Å²) in [5, 5.41) is 15.2. The molecule has 4 heteroatoms. The molecule has 0 amide bonds. The molecule has 0 aliphatic carbocycles. The third-order valence-corrected chi connectivity index (χ3v) is 3.68. The summed E-state index contributed by atoms with van der Waals surface area (Å²) in [6.07, 6.45) is 1.75. The summed E-state index contributed by atoms with van der Waals surface area (Å²) in [4.78, 5) is 0. The first kappa shape index (κ1) is 16.0. The van der Waals surface area contributed by atoms with Gasteiger partial charge < -0.3 is 15.3 Å². The minimum atomic E-state index is 0.0459. The highest BCUT2D eigenvalue weighted by Crippen LogP contribution is 2.27. The number of hydrazone groups is 1. The molecule has 0 radical (unpaired) electrons. The third kappa shape index (κ3) is 3.91. The molecule has 0 aliphatic rings. The fraction of sp³-hybridized carbons (Fsp3) is 0.150. The van der Waals surface area contributed by atoms with E-state index >= 15 is 0 Å². The van der Waals surface area contributed by atoms with Gasteiger partial charge >= 0.3 is 0 Å². The first-order valence-corrected chi connectivity index (χ1v) is 7.94. The molecule has 3 aromatic rings. The minimum absolute atomic E-state index is 0.0459. The van der Waals surface area contributed by atoms with Crippen LogP contribution in [0.25, 0.3) is 10.8 Å². The van der Waals surface area contributed by atoms with Gasteiger partial charge in [0.1, 0.15) is 12.4 Å². The molecule has 0 aromatic heterocycles. The molecule has 3 rings (SSSR count). The highest BCUT2D eigenvalue weighted by Gasteiger charge is 2.07. The van der Waals surface area contributed by atoms with Gasteiger partial charge in [-0.05, 0) is 22.4 Å². The van der Waals surface area contributed by atoms with Gasteiger partial charge in [-0.2, -0.15) is 5.10 Å². The molecule has 24 heavy (non-hydrogen) atoms. The minimum Gasteiger partial charge on any atom is -0.488 e. The van der Waals surface area contributed by atoms with Crippen LogP contribution in [0.2, 0.25) is 0 Å². The molecule has 0 spiro atoms. The van der Waals surface area contributed by atoms with Gasteiger partial charge in [0.2, 0.25) is 0 Å². The SMILES string of the molecule is OCCNN=Cc1c(OCc2ccccc2)ccc2ccccc12. The Morgan fingerprint density at radius 2 is 1.75 bits per heavy atom. The Morgan fingerprint density at radius 1 is 0.958 bits per heavy atom. The summed E-state index contributed by atoms with van der Waals surface area (Å²) in [5.74, 6) is 0.784. The number of benzene rings is 3. The molecular weight excluding hydrogens is 300 g/mol. The monoisotopic (exact) mass is 320 g/mol. The van der Waals surface area contributed by atoms with Crippen molar-refractivity contribution in [2.45, 2.75) is 6.61 Å². The predicted molar refractivity (Wildman–Crippen MR) is 97.4 cm³/mol. The highest BCUT2D eigenvalue weighted by molar-refractivity contribution is 6.02. The summed E-state index contributed by atoms with van der Waals surface area (Å²) in [5.41, 5.74) is 4.86. The molecule has 0 bridgehead atoms. The van der Waals surface area contributed by atoms with Crippen LogP contribution in [-0.2, 0) is 6.61 Å². The predicted octanol–water partition coefficient (Wildman–Crippen LogP) is 3.33. The van der Waals surface area contributed by atoms with E-state index < -0.39 is 0 Å². The third-order valence-electron chi connectivity index (χ3n) is 3.68. The van der Waals surface area contributed by atoms with Crippen LogP contribution in [0.1, 0.15) is 11.1 Å². The van der Waals surface area contributed by atoms with E-state index in [0.29, 0.717) is 13.2 Å². The van der Waals surface area contributed by atoms with Crippen molar-refractivity contribution in [1.82, 2.24) is 5.43 Å². The van der Waals surface area contributed by atoms with Crippen molar-refractivity contribution >= 4 is 17.0 Å². The fourth-order valence-electron chi connectivity index (χ4n) is 2.49. The van der Waals surface area contributed by atoms with E-state index in [4.69, 9.17) is 9.84 Å². The van der Waals surface area contributed by atoms with E-state index in [9.17, 15) is 0 Å². The molecule has 0 heterocycles. The smallest absolute Gasteiger partial charge is 0.129 e. The average Bonchev–Trinajstić information content (AvgIpc) is 2.65. The number of fused-ring (bicyclic) bond motifs is 1. The maximum absolute atomic E-state index is 8.84. The lowest BCUT2D eigenvalue weighted by molar-refractivity contribution is 0.293. The van der Waals surface area contributed by atoms with Gasteiger partial charge in [0.15, 0.2) is 0 Å². The first-order valence-electron chi connectivity index (χ1n) is 7.94. The number of ether oxygens (including phenoxy) is 1. The van der Waals surface area contributed by atoms with Crippen LogP contribution in [0.5, 0.6) is 5.75 Å². The first-order chi connectivity index (χ1) is 11.9. The Morgan fingerprint density at radius 3 is 2.58 bits per heavy atom. The Labute approximate surface area is 141 Å². The van der Waals surface area contributed by atoms with E-state index in [0.717, 1.165) is 27.6 Å². The molecule has 0 fully saturated rings.